The van der Waals surface area contributed by atoms with E-state index in [1.54, 1.807) is 0 Å². The lowest BCUT2D eigenvalue weighted by Gasteiger charge is -2.63. The van der Waals surface area contributed by atoms with Gasteiger partial charge in [0.05, 0.1) is 0 Å². The van der Waals surface area contributed by atoms with Crippen molar-refractivity contribution < 1.29 is 4.48 Å². The Balaban J connectivity index is 1.62. The number of benzene rings is 3. The maximum atomic E-state index is 5.13. The van der Waals surface area contributed by atoms with E-state index in [1.165, 1.54) is 39.2 Å². The molecule has 4 aromatic rings. The maximum absolute atomic E-state index is 5.13. The minimum atomic E-state index is -1.66. The summed E-state index contributed by atoms with van der Waals surface area (Å²) in [5.41, 5.74) is 9.02. The Labute approximate surface area is 198 Å². The summed E-state index contributed by atoms with van der Waals surface area (Å²) in [6.07, 6.45) is 9.67. The van der Waals surface area contributed by atoms with Crippen LogP contribution in [-0.4, -0.2) is 17.2 Å². The fourth-order valence-corrected chi connectivity index (χ4v) is 6.52. The first-order valence-corrected chi connectivity index (χ1v) is 11.9. The first-order chi connectivity index (χ1) is 16.9. The van der Waals surface area contributed by atoms with Gasteiger partial charge in [-0.2, -0.15) is 0 Å². The summed E-state index contributed by atoms with van der Waals surface area (Å²) in [5.74, 6) is 1.94. The Morgan fingerprint density at radius 2 is 1.59 bits per heavy atom. The molecule has 0 N–H and O–H groups in total. The summed E-state index contributed by atoms with van der Waals surface area (Å²) in [7, 11) is 0. The number of hydrogen-bond acceptors (Lipinski definition) is 3. The van der Waals surface area contributed by atoms with E-state index in [4.69, 9.17) is 4.99 Å². The van der Waals surface area contributed by atoms with E-state index in [1.807, 2.05) is 0 Å². The predicted octanol–water partition coefficient (Wildman–Crippen LogP) is 4.68. The molecule has 0 saturated carbocycles. The highest BCUT2D eigenvalue weighted by molar-refractivity contribution is 6.90. The second-order valence-electron chi connectivity index (χ2n) is 9.35. The molecule has 1 unspecified atom stereocenters. The van der Waals surface area contributed by atoms with E-state index in [0.717, 1.165) is 18.1 Å². The number of anilines is 2. The van der Waals surface area contributed by atoms with Crippen LogP contribution in [0.4, 0.5) is 17.2 Å². The third kappa shape index (κ3) is 2.05. The SMILES string of the molecule is C1=CC2=Nc3cccc[n+]3[B-]3(c4ccccc4)N2C(=C1)c1cccc2c1N3c1ccccc1C2. The molecule has 0 amide bonds. The van der Waals surface area contributed by atoms with Crippen molar-refractivity contribution in [1.82, 2.24) is 4.81 Å². The van der Waals surface area contributed by atoms with Gasteiger partial charge in [-0.25, -0.2) is 0 Å². The van der Waals surface area contributed by atoms with Gasteiger partial charge in [-0.05, 0) is 34.3 Å². The van der Waals surface area contributed by atoms with E-state index in [-0.39, 0.29) is 0 Å². The van der Waals surface area contributed by atoms with Crippen LogP contribution in [0.5, 0.6) is 0 Å². The zero-order chi connectivity index (χ0) is 22.3. The fraction of sp³-hybridized carbons (Fsp3) is 0.0345. The van der Waals surface area contributed by atoms with Crippen molar-refractivity contribution in [2.75, 3.05) is 4.81 Å². The van der Waals surface area contributed by atoms with Crippen LogP contribution in [0.25, 0.3) is 5.70 Å². The van der Waals surface area contributed by atoms with Gasteiger partial charge in [0.2, 0.25) is 5.84 Å². The number of allylic oxidation sites excluding steroid dienone is 2. The van der Waals surface area contributed by atoms with Crippen LogP contribution in [0, 0.1) is 0 Å². The zero-order valence-corrected chi connectivity index (χ0v) is 18.5. The highest BCUT2D eigenvalue weighted by Crippen LogP contribution is 2.51. The molecule has 3 aromatic carbocycles. The smallest absolute Gasteiger partial charge is 0.425 e. The topological polar surface area (TPSA) is 22.7 Å². The summed E-state index contributed by atoms with van der Waals surface area (Å²) in [6, 6.07) is 32.9. The van der Waals surface area contributed by atoms with Crippen LogP contribution in [0.1, 0.15) is 16.7 Å². The molecule has 0 radical (unpaired) electrons. The van der Waals surface area contributed by atoms with Crippen molar-refractivity contribution in [3.63, 3.8) is 0 Å². The van der Waals surface area contributed by atoms with Crippen LogP contribution in [0.3, 0.4) is 0 Å². The maximum Gasteiger partial charge on any atom is 0.425 e. The molecule has 5 heterocycles. The van der Waals surface area contributed by atoms with E-state index in [2.05, 4.69) is 130 Å². The number of hydrogen-bond donors (Lipinski definition) is 0. The summed E-state index contributed by atoms with van der Waals surface area (Å²) in [6.45, 7) is -1.66. The average molecular weight is 436 g/mol. The molecule has 34 heavy (non-hydrogen) atoms. The van der Waals surface area contributed by atoms with Crippen LogP contribution < -0.4 is 14.8 Å². The minimum Gasteiger partial charge on any atom is -0.453 e. The molecule has 0 saturated heterocycles. The van der Waals surface area contributed by atoms with Gasteiger partial charge in [-0.3, -0.25) is 0 Å². The molecule has 0 bridgehead atoms. The molecular formula is C29H21BN4. The van der Waals surface area contributed by atoms with Gasteiger partial charge in [0, 0.05) is 47.4 Å². The van der Waals surface area contributed by atoms with Crippen molar-refractivity contribution in [1.29, 1.82) is 0 Å². The molecule has 4 nitrogen and oxygen atoms in total. The van der Waals surface area contributed by atoms with E-state index >= 15 is 0 Å². The molecule has 1 aromatic heterocycles. The van der Waals surface area contributed by atoms with Gasteiger partial charge in [-0.1, -0.05) is 78.9 Å². The molecule has 0 fully saturated rings. The Morgan fingerprint density at radius 3 is 2.53 bits per heavy atom. The second-order valence-corrected chi connectivity index (χ2v) is 9.35. The second kappa shape index (κ2) is 6.36. The average Bonchev–Trinajstić information content (AvgIpc) is 2.90. The van der Waals surface area contributed by atoms with Crippen molar-refractivity contribution in [3.8, 4) is 0 Å². The summed E-state index contributed by atoms with van der Waals surface area (Å²) >= 11 is 0. The van der Waals surface area contributed by atoms with Crippen molar-refractivity contribution >= 4 is 40.7 Å². The van der Waals surface area contributed by atoms with Crippen molar-refractivity contribution in [2.45, 2.75) is 6.42 Å². The standard InChI is InChI=1S/C29H21BN4/c1-2-12-23(13-3-1)30-32-19-7-6-17-27(32)31-28-18-9-16-26(33(28)30)24-14-8-11-22-20-21-10-4-5-15-25(21)34(30)29(22)24/h1-19H,20H2. The number of pyridine rings is 1. The first-order valence-electron chi connectivity index (χ1n) is 11.9. The molecule has 0 aliphatic carbocycles. The van der Waals surface area contributed by atoms with Crippen LogP contribution >= 0.6 is 0 Å². The third-order valence-corrected chi connectivity index (χ3v) is 7.73. The zero-order valence-electron chi connectivity index (χ0n) is 18.5. The number of fused-ring (bicyclic) bond motifs is 6. The largest absolute Gasteiger partial charge is 0.453 e. The lowest BCUT2D eigenvalue weighted by molar-refractivity contribution is -0.538. The predicted molar refractivity (Wildman–Crippen MR) is 138 cm³/mol. The van der Waals surface area contributed by atoms with Gasteiger partial charge in [0.25, 0.3) is 5.82 Å². The van der Waals surface area contributed by atoms with Crippen molar-refractivity contribution in [3.05, 3.63) is 132 Å². The number of para-hydroxylation sites is 2. The Bertz CT molecular complexity index is 1600. The molecule has 1 atom stereocenters. The molecule has 4 aliphatic heterocycles. The Hall–Kier alpha value is -4.38. The van der Waals surface area contributed by atoms with Gasteiger partial charge >= 0.3 is 6.55 Å². The van der Waals surface area contributed by atoms with Crippen LogP contribution in [0.2, 0.25) is 0 Å². The number of amidine groups is 1. The normalized spacial score (nSPS) is 20.5. The molecule has 0 spiro atoms. The summed E-state index contributed by atoms with van der Waals surface area (Å²) < 4.78 is 2.40. The van der Waals surface area contributed by atoms with E-state index in [9.17, 15) is 0 Å². The number of aliphatic imine (C=N–C) groups is 1. The van der Waals surface area contributed by atoms with Gasteiger partial charge < -0.3 is 14.1 Å². The quantitative estimate of drug-likeness (QED) is 0.405. The Kier molecular flexibility index (Phi) is 3.38. The van der Waals surface area contributed by atoms with E-state index in [0.29, 0.717) is 0 Å². The molecule has 160 valence electrons. The third-order valence-electron chi connectivity index (χ3n) is 7.73. The minimum absolute atomic E-state index is 0.938. The fourth-order valence-electron chi connectivity index (χ4n) is 6.52. The van der Waals surface area contributed by atoms with Crippen LogP contribution in [0.15, 0.2) is 120 Å². The lowest BCUT2D eigenvalue weighted by Crippen LogP contribution is -2.90. The van der Waals surface area contributed by atoms with Crippen molar-refractivity contribution in [2.24, 2.45) is 4.99 Å². The highest BCUT2D eigenvalue weighted by Gasteiger charge is 2.58. The summed E-state index contributed by atoms with van der Waals surface area (Å²) in [5, 5.41) is 0. The van der Waals surface area contributed by atoms with Gasteiger partial charge in [-0.15, -0.1) is 5.46 Å². The molecular weight excluding hydrogens is 415 g/mol. The number of nitrogens with zero attached hydrogens (tertiary/aromatic N) is 4. The lowest BCUT2D eigenvalue weighted by atomic mass is 9.45. The monoisotopic (exact) mass is 436 g/mol. The van der Waals surface area contributed by atoms with Crippen LogP contribution in [-0.2, 0) is 6.42 Å². The number of aromatic nitrogens is 1. The first kappa shape index (κ1) is 18.1. The number of rotatable bonds is 1. The summed E-state index contributed by atoms with van der Waals surface area (Å²) in [4.78, 5) is 10.2. The Morgan fingerprint density at radius 1 is 0.765 bits per heavy atom. The van der Waals surface area contributed by atoms with E-state index < -0.39 is 6.55 Å². The highest BCUT2D eigenvalue weighted by atomic mass is 15.4. The molecule has 5 heteroatoms. The molecule has 8 rings (SSSR count). The van der Waals surface area contributed by atoms with Gasteiger partial charge in [0.15, 0.2) is 0 Å². The molecule has 4 aliphatic rings. The van der Waals surface area contributed by atoms with Gasteiger partial charge in [0.1, 0.15) is 0 Å².